The van der Waals surface area contributed by atoms with Gasteiger partial charge in [0.25, 0.3) is 0 Å². The molecule has 0 aromatic heterocycles. The molecule has 0 saturated carbocycles. The van der Waals surface area contributed by atoms with Gasteiger partial charge in [-0.25, -0.2) is 0 Å². The van der Waals surface area contributed by atoms with Crippen LogP contribution < -0.4 is 15.8 Å². The lowest BCUT2D eigenvalue weighted by Gasteiger charge is -2.13. The normalized spacial score (nSPS) is 12.0. The van der Waals surface area contributed by atoms with Crippen LogP contribution >= 0.6 is 11.6 Å². The van der Waals surface area contributed by atoms with Crippen LogP contribution in [0.15, 0.2) is 18.2 Å². The van der Waals surface area contributed by atoms with Gasteiger partial charge in [-0.05, 0) is 32.0 Å². The van der Waals surface area contributed by atoms with Crippen molar-refractivity contribution in [3.05, 3.63) is 23.2 Å². The van der Waals surface area contributed by atoms with E-state index in [9.17, 15) is 4.79 Å². The summed E-state index contributed by atoms with van der Waals surface area (Å²) >= 11 is 5.84. The fourth-order valence-corrected chi connectivity index (χ4v) is 1.30. The molecule has 0 saturated heterocycles. The third-order valence-electron chi connectivity index (χ3n) is 1.91. The Labute approximate surface area is 99.7 Å². The van der Waals surface area contributed by atoms with E-state index in [1.165, 1.54) is 0 Å². The van der Waals surface area contributed by atoms with Crippen molar-refractivity contribution < 1.29 is 9.53 Å². The van der Waals surface area contributed by atoms with Crippen LogP contribution in [0.25, 0.3) is 0 Å². The fourth-order valence-electron chi connectivity index (χ4n) is 1.13. The predicted molar refractivity (Wildman–Crippen MR) is 64.9 cm³/mol. The van der Waals surface area contributed by atoms with E-state index in [2.05, 4.69) is 5.32 Å². The molecule has 0 fully saturated rings. The third kappa shape index (κ3) is 3.40. The summed E-state index contributed by atoms with van der Waals surface area (Å²) < 4.78 is 5.36. The number of halogens is 1. The first kappa shape index (κ1) is 12.8. The molecular weight excluding hydrogens is 228 g/mol. The Kier molecular flexibility index (Phi) is 4.58. The quantitative estimate of drug-likeness (QED) is 0.849. The molecule has 16 heavy (non-hydrogen) atoms. The lowest BCUT2D eigenvalue weighted by molar-refractivity contribution is -0.117. The number of carbonyl (C=O) groups excluding carboxylic acids is 1. The van der Waals surface area contributed by atoms with E-state index in [1.54, 1.807) is 25.1 Å². The zero-order chi connectivity index (χ0) is 12.1. The highest BCUT2D eigenvalue weighted by atomic mass is 35.5. The van der Waals surface area contributed by atoms with Gasteiger partial charge in [0, 0.05) is 5.02 Å². The van der Waals surface area contributed by atoms with Crippen LogP contribution in [0.2, 0.25) is 5.02 Å². The smallest absolute Gasteiger partial charge is 0.241 e. The molecule has 0 aliphatic heterocycles. The van der Waals surface area contributed by atoms with Crippen LogP contribution in [0.4, 0.5) is 5.69 Å². The summed E-state index contributed by atoms with van der Waals surface area (Å²) in [5.74, 6) is 0.309. The number of carbonyl (C=O) groups is 1. The average molecular weight is 243 g/mol. The summed E-state index contributed by atoms with van der Waals surface area (Å²) in [5, 5.41) is 3.19. The molecule has 1 aromatic rings. The van der Waals surface area contributed by atoms with Crippen LogP contribution in [0, 0.1) is 0 Å². The molecular formula is C11H15ClN2O2. The van der Waals surface area contributed by atoms with Crippen molar-refractivity contribution in [3.63, 3.8) is 0 Å². The van der Waals surface area contributed by atoms with Gasteiger partial charge in [-0.3, -0.25) is 4.79 Å². The van der Waals surface area contributed by atoms with Gasteiger partial charge in [-0.2, -0.15) is 0 Å². The molecule has 0 unspecified atom stereocenters. The van der Waals surface area contributed by atoms with Crippen molar-refractivity contribution in [2.24, 2.45) is 5.73 Å². The van der Waals surface area contributed by atoms with Gasteiger partial charge >= 0.3 is 0 Å². The van der Waals surface area contributed by atoms with E-state index in [-0.39, 0.29) is 5.91 Å². The van der Waals surface area contributed by atoms with Gasteiger partial charge in [0.2, 0.25) is 5.91 Å². The maximum atomic E-state index is 11.4. The van der Waals surface area contributed by atoms with Crippen LogP contribution in [-0.2, 0) is 4.79 Å². The molecule has 0 bridgehead atoms. The van der Waals surface area contributed by atoms with Gasteiger partial charge in [0.15, 0.2) is 0 Å². The van der Waals surface area contributed by atoms with Crippen molar-refractivity contribution in [2.75, 3.05) is 11.9 Å². The molecule has 1 rings (SSSR count). The highest BCUT2D eigenvalue weighted by Crippen LogP contribution is 2.28. The zero-order valence-corrected chi connectivity index (χ0v) is 10.0. The Morgan fingerprint density at radius 1 is 1.62 bits per heavy atom. The lowest BCUT2D eigenvalue weighted by Crippen LogP contribution is -2.32. The molecule has 88 valence electrons. The van der Waals surface area contributed by atoms with Crippen molar-refractivity contribution in [1.82, 2.24) is 0 Å². The topological polar surface area (TPSA) is 64.3 Å². The summed E-state index contributed by atoms with van der Waals surface area (Å²) in [6.07, 6.45) is 0. The summed E-state index contributed by atoms with van der Waals surface area (Å²) in [4.78, 5) is 11.4. The van der Waals surface area contributed by atoms with Crippen LogP contribution in [0.1, 0.15) is 13.8 Å². The first-order valence-corrected chi connectivity index (χ1v) is 5.41. The average Bonchev–Trinajstić information content (AvgIpc) is 2.22. The van der Waals surface area contributed by atoms with Crippen molar-refractivity contribution in [2.45, 2.75) is 19.9 Å². The molecule has 1 amide bonds. The van der Waals surface area contributed by atoms with E-state index < -0.39 is 6.04 Å². The first-order valence-electron chi connectivity index (χ1n) is 5.03. The van der Waals surface area contributed by atoms with Gasteiger partial charge in [-0.15, -0.1) is 0 Å². The van der Waals surface area contributed by atoms with Gasteiger partial charge in [-0.1, -0.05) is 11.6 Å². The number of hydrogen-bond donors (Lipinski definition) is 2. The third-order valence-corrected chi connectivity index (χ3v) is 2.15. The highest BCUT2D eigenvalue weighted by Gasteiger charge is 2.11. The number of nitrogens with one attached hydrogen (secondary N) is 1. The molecule has 0 heterocycles. The molecule has 4 nitrogen and oxygen atoms in total. The standard InChI is InChI=1S/C11H15ClN2O2/c1-3-16-10-5-4-8(12)6-9(10)14-11(15)7(2)13/h4-7H,3,13H2,1-2H3,(H,14,15)/t7-/m1/s1. The van der Waals surface area contributed by atoms with Gasteiger partial charge < -0.3 is 15.8 Å². The van der Waals surface area contributed by atoms with Crippen LogP contribution in [-0.4, -0.2) is 18.6 Å². The fraction of sp³-hybridized carbons (Fsp3) is 0.364. The monoisotopic (exact) mass is 242 g/mol. The minimum atomic E-state index is -0.576. The van der Waals surface area contributed by atoms with E-state index in [0.717, 1.165) is 0 Å². The number of nitrogens with two attached hydrogens (primary N) is 1. The molecule has 1 atom stereocenters. The van der Waals surface area contributed by atoms with Gasteiger partial charge in [0.05, 0.1) is 18.3 Å². The number of amides is 1. The number of ether oxygens (including phenoxy) is 1. The Morgan fingerprint density at radius 2 is 2.31 bits per heavy atom. The van der Waals surface area contributed by atoms with Crippen molar-refractivity contribution >= 4 is 23.2 Å². The van der Waals surface area contributed by atoms with Crippen molar-refractivity contribution in [3.8, 4) is 5.75 Å². The Hall–Kier alpha value is -1.26. The lowest BCUT2D eigenvalue weighted by atomic mass is 10.2. The Bertz CT molecular complexity index is 380. The second-order valence-corrected chi connectivity index (χ2v) is 3.79. The summed E-state index contributed by atoms with van der Waals surface area (Å²) in [5.41, 5.74) is 6.00. The maximum absolute atomic E-state index is 11.4. The molecule has 0 aliphatic carbocycles. The van der Waals surface area contributed by atoms with E-state index in [1.807, 2.05) is 6.92 Å². The molecule has 0 aliphatic rings. The number of anilines is 1. The van der Waals surface area contributed by atoms with Crippen molar-refractivity contribution in [1.29, 1.82) is 0 Å². The minimum absolute atomic E-state index is 0.275. The first-order chi connectivity index (χ1) is 7.54. The summed E-state index contributed by atoms with van der Waals surface area (Å²) in [6.45, 7) is 3.99. The molecule has 0 radical (unpaired) electrons. The second kappa shape index (κ2) is 5.72. The minimum Gasteiger partial charge on any atom is -0.492 e. The molecule has 0 spiro atoms. The van der Waals surface area contributed by atoms with E-state index in [4.69, 9.17) is 22.1 Å². The molecule has 5 heteroatoms. The van der Waals surface area contributed by atoms with E-state index in [0.29, 0.717) is 23.1 Å². The number of benzene rings is 1. The summed E-state index contributed by atoms with van der Waals surface area (Å²) in [6, 6.07) is 4.47. The molecule has 1 aromatic carbocycles. The SMILES string of the molecule is CCOc1ccc(Cl)cc1NC(=O)[C@@H](C)N. The Balaban J connectivity index is 2.91. The van der Waals surface area contributed by atoms with Crippen LogP contribution in [0.3, 0.4) is 0 Å². The highest BCUT2D eigenvalue weighted by molar-refractivity contribution is 6.31. The maximum Gasteiger partial charge on any atom is 0.241 e. The zero-order valence-electron chi connectivity index (χ0n) is 9.29. The predicted octanol–water partition coefficient (Wildman–Crippen LogP) is 2.02. The number of hydrogen-bond acceptors (Lipinski definition) is 3. The van der Waals surface area contributed by atoms with Crippen LogP contribution in [0.5, 0.6) is 5.75 Å². The summed E-state index contributed by atoms with van der Waals surface area (Å²) in [7, 11) is 0. The van der Waals surface area contributed by atoms with E-state index >= 15 is 0 Å². The Morgan fingerprint density at radius 3 is 2.88 bits per heavy atom. The largest absolute Gasteiger partial charge is 0.492 e. The second-order valence-electron chi connectivity index (χ2n) is 3.35. The van der Waals surface area contributed by atoms with Gasteiger partial charge in [0.1, 0.15) is 5.75 Å². The molecule has 3 N–H and O–H groups in total. The number of rotatable bonds is 4.